The SMILES string of the molecule is CCC[n+]1cccc(C(=O)Nc2c3c(nc4ccccc24)CCCC3)c1. The Hall–Kier alpha value is -2.75. The molecule has 1 N–H and O–H groups in total. The maximum Gasteiger partial charge on any atom is 0.261 e. The van der Waals surface area contributed by atoms with Crippen molar-refractivity contribution in [1.82, 2.24) is 4.98 Å². The van der Waals surface area contributed by atoms with Crippen molar-refractivity contribution in [2.45, 2.75) is 45.6 Å². The molecule has 132 valence electrons. The summed E-state index contributed by atoms with van der Waals surface area (Å²) in [5, 5.41) is 4.23. The predicted molar refractivity (Wildman–Crippen MR) is 103 cm³/mol. The number of carbonyl (C=O) groups excluding carboxylic acids is 1. The summed E-state index contributed by atoms with van der Waals surface area (Å²) in [6.45, 7) is 3.05. The zero-order chi connectivity index (χ0) is 17.9. The van der Waals surface area contributed by atoms with E-state index < -0.39 is 0 Å². The number of hydrogen-bond acceptors (Lipinski definition) is 2. The number of aromatic nitrogens is 2. The molecule has 1 aromatic carbocycles. The third kappa shape index (κ3) is 3.19. The Kier molecular flexibility index (Phi) is 4.65. The molecule has 0 bridgehead atoms. The van der Waals surface area contributed by atoms with E-state index in [1.807, 2.05) is 42.7 Å². The molecule has 0 radical (unpaired) electrons. The van der Waals surface area contributed by atoms with Gasteiger partial charge in [-0.3, -0.25) is 9.78 Å². The number of fused-ring (bicyclic) bond motifs is 2. The smallest absolute Gasteiger partial charge is 0.261 e. The summed E-state index contributed by atoms with van der Waals surface area (Å²) in [7, 11) is 0. The average molecular weight is 346 g/mol. The van der Waals surface area contributed by atoms with Crippen LogP contribution in [0, 0.1) is 0 Å². The van der Waals surface area contributed by atoms with E-state index in [4.69, 9.17) is 4.98 Å². The van der Waals surface area contributed by atoms with E-state index in [1.54, 1.807) is 0 Å². The fourth-order valence-corrected chi connectivity index (χ4v) is 3.75. The number of benzene rings is 1. The lowest BCUT2D eigenvalue weighted by Gasteiger charge is -2.21. The lowest BCUT2D eigenvalue weighted by Crippen LogP contribution is -2.34. The Balaban J connectivity index is 1.74. The third-order valence-corrected chi connectivity index (χ3v) is 5.01. The molecule has 0 spiro atoms. The van der Waals surface area contributed by atoms with Crippen molar-refractivity contribution in [3.63, 3.8) is 0 Å². The Morgan fingerprint density at radius 3 is 2.88 bits per heavy atom. The zero-order valence-electron chi connectivity index (χ0n) is 15.2. The van der Waals surface area contributed by atoms with E-state index >= 15 is 0 Å². The van der Waals surface area contributed by atoms with Gasteiger partial charge in [-0.25, -0.2) is 4.57 Å². The summed E-state index contributed by atoms with van der Waals surface area (Å²) in [6, 6.07) is 11.9. The fraction of sp³-hybridized carbons (Fsp3) is 0.318. The minimum atomic E-state index is -0.0559. The summed E-state index contributed by atoms with van der Waals surface area (Å²) in [5.41, 5.74) is 4.94. The Labute approximate surface area is 153 Å². The molecule has 0 aliphatic heterocycles. The number of anilines is 1. The van der Waals surface area contributed by atoms with E-state index in [0.717, 1.165) is 54.5 Å². The van der Waals surface area contributed by atoms with E-state index in [1.165, 1.54) is 12.0 Å². The molecular weight excluding hydrogens is 322 g/mol. The summed E-state index contributed by atoms with van der Waals surface area (Å²) in [4.78, 5) is 17.8. The second-order valence-corrected chi connectivity index (χ2v) is 6.92. The quantitative estimate of drug-likeness (QED) is 0.724. The van der Waals surface area contributed by atoms with Gasteiger partial charge in [0.1, 0.15) is 12.1 Å². The molecule has 0 unspecified atom stereocenters. The molecule has 0 saturated carbocycles. The van der Waals surface area contributed by atoms with E-state index in [0.29, 0.717) is 5.56 Å². The highest BCUT2D eigenvalue weighted by Gasteiger charge is 2.20. The predicted octanol–water partition coefficient (Wildman–Crippen LogP) is 4.06. The largest absolute Gasteiger partial charge is 0.321 e. The molecule has 4 heteroatoms. The number of rotatable bonds is 4. The van der Waals surface area contributed by atoms with Crippen LogP contribution in [0.3, 0.4) is 0 Å². The van der Waals surface area contributed by atoms with Crippen LogP contribution in [-0.2, 0) is 19.4 Å². The van der Waals surface area contributed by atoms with Gasteiger partial charge in [-0.15, -0.1) is 0 Å². The lowest BCUT2D eigenvalue weighted by molar-refractivity contribution is -0.697. The summed E-state index contributed by atoms with van der Waals surface area (Å²) in [6.07, 6.45) is 9.26. The van der Waals surface area contributed by atoms with E-state index in [2.05, 4.69) is 22.9 Å². The van der Waals surface area contributed by atoms with Crippen LogP contribution in [0.15, 0.2) is 48.8 Å². The minimum Gasteiger partial charge on any atom is -0.321 e. The molecule has 0 saturated heterocycles. The first kappa shape index (κ1) is 16.7. The van der Waals surface area contributed by atoms with Gasteiger partial charge in [0.05, 0.1) is 11.2 Å². The summed E-state index contributed by atoms with van der Waals surface area (Å²) < 4.78 is 2.06. The highest BCUT2D eigenvalue weighted by atomic mass is 16.1. The molecule has 26 heavy (non-hydrogen) atoms. The molecule has 2 aromatic heterocycles. The number of nitrogens with one attached hydrogen (secondary N) is 1. The van der Waals surface area contributed by atoms with Crippen molar-refractivity contribution in [3.8, 4) is 0 Å². The highest BCUT2D eigenvalue weighted by Crippen LogP contribution is 2.33. The Bertz CT molecular complexity index is 965. The van der Waals surface area contributed by atoms with Crippen LogP contribution in [0.5, 0.6) is 0 Å². The van der Waals surface area contributed by atoms with E-state index in [-0.39, 0.29) is 5.91 Å². The summed E-state index contributed by atoms with van der Waals surface area (Å²) in [5.74, 6) is -0.0559. The van der Waals surface area contributed by atoms with Gasteiger partial charge in [-0.2, -0.15) is 0 Å². The number of nitrogens with zero attached hydrogens (tertiary/aromatic N) is 2. The number of aryl methyl sites for hydroxylation is 2. The van der Waals surface area contributed by atoms with Gasteiger partial charge >= 0.3 is 0 Å². The maximum absolute atomic E-state index is 13.0. The number of pyridine rings is 2. The number of hydrogen-bond donors (Lipinski definition) is 1. The number of carbonyl (C=O) groups is 1. The van der Waals surface area contributed by atoms with Crippen LogP contribution in [0.1, 0.15) is 47.8 Å². The van der Waals surface area contributed by atoms with E-state index in [9.17, 15) is 4.79 Å². The van der Waals surface area contributed by atoms with Crippen LogP contribution >= 0.6 is 0 Å². The van der Waals surface area contributed by atoms with Gasteiger partial charge in [0, 0.05) is 23.6 Å². The molecule has 0 atom stereocenters. The van der Waals surface area contributed by atoms with Crippen LogP contribution < -0.4 is 9.88 Å². The lowest BCUT2D eigenvalue weighted by atomic mass is 9.92. The fourth-order valence-electron chi connectivity index (χ4n) is 3.75. The monoisotopic (exact) mass is 346 g/mol. The molecule has 4 rings (SSSR count). The second-order valence-electron chi connectivity index (χ2n) is 6.92. The third-order valence-electron chi connectivity index (χ3n) is 5.01. The van der Waals surface area contributed by atoms with Gasteiger partial charge in [-0.05, 0) is 43.4 Å². The van der Waals surface area contributed by atoms with Crippen molar-refractivity contribution in [2.24, 2.45) is 0 Å². The average Bonchev–Trinajstić information content (AvgIpc) is 2.68. The standard InChI is InChI=1S/C22H23N3O/c1-2-13-25-14-7-8-16(15-25)22(26)24-21-17-9-3-5-11-19(17)23-20-12-6-4-10-18(20)21/h3,5,7-9,11,14-15H,2,4,6,10,12-13H2,1H3/p+1. The Morgan fingerprint density at radius 2 is 2.00 bits per heavy atom. The molecule has 1 aliphatic rings. The van der Waals surface area contributed by atoms with Crippen molar-refractivity contribution >= 4 is 22.5 Å². The first-order valence-corrected chi connectivity index (χ1v) is 9.47. The van der Waals surface area contributed by atoms with Crippen LogP contribution in [-0.4, -0.2) is 10.9 Å². The van der Waals surface area contributed by atoms with Crippen molar-refractivity contribution < 1.29 is 9.36 Å². The van der Waals surface area contributed by atoms with Gasteiger partial charge in [0.2, 0.25) is 0 Å². The molecule has 1 aliphatic carbocycles. The van der Waals surface area contributed by atoms with Gasteiger partial charge < -0.3 is 5.32 Å². The second kappa shape index (κ2) is 7.24. The van der Waals surface area contributed by atoms with Gasteiger partial charge in [0.15, 0.2) is 12.4 Å². The minimum absolute atomic E-state index is 0.0559. The van der Waals surface area contributed by atoms with Crippen LogP contribution in [0.25, 0.3) is 10.9 Å². The zero-order valence-corrected chi connectivity index (χ0v) is 15.2. The molecule has 1 amide bonds. The highest BCUT2D eigenvalue weighted by molar-refractivity contribution is 6.09. The van der Waals surface area contributed by atoms with Crippen molar-refractivity contribution in [2.75, 3.05) is 5.32 Å². The van der Waals surface area contributed by atoms with Crippen molar-refractivity contribution in [1.29, 1.82) is 0 Å². The number of para-hydroxylation sites is 1. The van der Waals surface area contributed by atoms with Crippen LogP contribution in [0.2, 0.25) is 0 Å². The number of amides is 1. The molecule has 2 heterocycles. The van der Waals surface area contributed by atoms with Crippen LogP contribution in [0.4, 0.5) is 5.69 Å². The normalized spacial score (nSPS) is 13.4. The molecule has 3 aromatic rings. The topological polar surface area (TPSA) is 45.9 Å². The summed E-state index contributed by atoms with van der Waals surface area (Å²) >= 11 is 0. The van der Waals surface area contributed by atoms with Crippen molar-refractivity contribution in [3.05, 3.63) is 65.6 Å². The maximum atomic E-state index is 13.0. The molecule has 4 nitrogen and oxygen atoms in total. The molecular formula is C22H24N3O+. The Morgan fingerprint density at radius 1 is 1.15 bits per heavy atom. The first-order chi connectivity index (χ1) is 12.8. The molecule has 0 fully saturated rings. The van der Waals surface area contributed by atoms with Gasteiger partial charge in [-0.1, -0.05) is 25.1 Å². The van der Waals surface area contributed by atoms with Gasteiger partial charge in [0.25, 0.3) is 5.91 Å². The first-order valence-electron chi connectivity index (χ1n) is 9.47.